The average molecular weight is 411 g/mol. The van der Waals surface area contributed by atoms with Crippen LogP contribution in [0, 0.1) is 10.8 Å². The van der Waals surface area contributed by atoms with Gasteiger partial charge in [0.05, 0.1) is 4.87 Å². The third kappa shape index (κ3) is 2.20. The van der Waals surface area contributed by atoms with Gasteiger partial charge in [-0.15, -0.1) is 11.6 Å². The zero-order valence-corrected chi connectivity index (χ0v) is 15.5. The minimum Gasteiger partial charge on any atom is -0.290 e. The summed E-state index contributed by atoms with van der Waals surface area (Å²) < 4.78 is 0.968. The van der Waals surface area contributed by atoms with E-state index in [1.165, 1.54) is 0 Å². The molecule has 1 nitrogen and oxygen atoms in total. The van der Waals surface area contributed by atoms with Crippen LogP contribution in [0.4, 0.5) is 0 Å². The smallest absolute Gasteiger partial charge is 0.182 e. The van der Waals surface area contributed by atoms with Crippen molar-refractivity contribution in [3.8, 4) is 0 Å². The van der Waals surface area contributed by atoms with Gasteiger partial charge in [-0.2, -0.15) is 0 Å². The molecule has 2 rings (SSSR count). The predicted octanol–water partition coefficient (Wildman–Crippen LogP) is 5.36. The van der Waals surface area contributed by atoms with Gasteiger partial charge in [-0.25, -0.2) is 0 Å². The molecule has 4 heteroatoms. The first-order valence-corrected chi connectivity index (χ1v) is 8.58. The zero-order chi connectivity index (χ0) is 14.6. The molecule has 0 radical (unpaired) electrons. The van der Waals surface area contributed by atoms with Crippen LogP contribution >= 0.6 is 43.5 Å². The molecular weight excluding hydrogens is 391 g/mol. The molecule has 0 N–H and O–H groups in total. The summed E-state index contributed by atoms with van der Waals surface area (Å²) in [5.41, 5.74) is 0.398. The second-order valence-corrected chi connectivity index (χ2v) is 9.32. The molecule has 0 bridgehead atoms. The summed E-state index contributed by atoms with van der Waals surface area (Å²) in [5, 5.41) is 0. The average Bonchev–Trinajstić information content (AvgIpc) is 2.30. The van der Waals surface area contributed by atoms with Gasteiger partial charge in [0.25, 0.3) is 0 Å². The van der Waals surface area contributed by atoms with E-state index in [1.54, 1.807) is 6.08 Å². The Balaban J connectivity index is 2.51. The highest BCUT2D eigenvalue weighted by molar-refractivity contribution is 9.11. The Morgan fingerprint density at radius 2 is 1.95 bits per heavy atom. The van der Waals surface area contributed by atoms with Crippen LogP contribution in [-0.4, -0.2) is 15.5 Å². The lowest BCUT2D eigenvalue weighted by atomic mass is 9.51. The summed E-state index contributed by atoms with van der Waals surface area (Å²) in [6.07, 6.45) is 4.29. The quantitative estimate of drug-likeness (QED) is 0.388. The molecule has 0 saturated heterocycles. The van der Waals surface area contributed by atoms with Crippen LogP contribution in [0.25, 0.3) is 0 Å². The first-order valence-electron chi connectivity index (χ1n) is 6.49. The highest BCUT2D eigenvalue weighted by atomic mass is 79.9. The first kappa shape index (κ1) is 15.8. The minimum absolute atomic E-state index is 0.0454. The molecule has 3 atom stereocenters. The van der Waals surface area contributed by atoms with E-state index in [-0.39, 0.29) is 26.3 Å². The van der Waals surface area contributed by atoms with E-state index in [1.807, 2.05) is 0 Å². The van der Waals surface area contributed by atoms with E-state index in [9.17, 15) is 4.79 Å². The largest absolute Gasteiger partial charge is 0.290 e. The Kier molecular flexibility index (Phi) is 3.91. The van der Waals surface area contributed by atoms with Gasteiger partial charge in [0.15, 0.2) is 5.78 Å². The molecule has 0 aromatic rings. The summed E-state index contributed by atoms with van der Waals surface area (Å²) in [6, 6.07) is 0. The fourth-order valence-corrected chi connectivity index (χ4v) is 4.84. The summed E-state index contributed by atoms with van der Waals surface area (Å²) in [7, 11) is 0. The number of rotatable bonds is 0. The molecule has 3 unspecified atom stereocenters. The summed E-state index contributed by atoms with van der Waals surface area (Å²) >= 11 is 13.9. The van der Waals surface area contributed by atoms with E-state index >= 15 is 0 Å². The summed E-state index contributed by atoms with van der Waals surface area (Å²) in [5.74, 6) is 0.0454. The number of hydrogen-bond donors (Lipinski definition) is 0. The first-order chi connectivity index (χ1) is 8.54. The molecule has 0 amide bonds. The Morgan fingerprint density at radius 1 is 1.37 bits per heavy atom. The van der Waals surface area contributed by atoms with E-state index in [0.29, 0.717) is 0 Å². The number of carbonyl (C=O) groups excluding carboxylic acids is 1. The van der Waals surface area contributed by atoms with Gasteiger partial charge in [0, 0.05) is 20.1 Å². The van der Waals surface area contributed by atoms with Crippen LogP contribution in [0.3, 0.4) is 0 Å². The van der Waals surface area contributed by atoms with Gasteiger partial charge in [-0.1, -0.05) is 52.3 Å². The van der Waals surface area contributed by atoms with Crippen LogP contribution in [-0.2, 0) is 4.79 Å². The van der Waals surface area contributed by atoms with Crippen molar-refractivity contribution in [1.82, 2.24) is 0 Å². The molecule has 19 heavy (non-hydrogen) atoms. The topological polar surface area (TPSA) is 17.1 Å². The number of halogens is 3. The molecule has 2 aliphatic carbocycles. The second kappa shape index (κ2) is 4.71. The number of allylic oxidation sites excluding steroid dienone is 3. The van der Waals surface area contributed by atoms with E-state index < -0.39 is 0 Å². The molecule has 1 fully saturated rings. The fourth-order valence-electron chi connectivity index (χ4n) is 3.30. The number of carbonyl (C=O) groups is 1. The van der Waals surface area contributed by atoms with Gasteiger partial charge in [-0.3, -0.25) is 4.79 Å². The van der Waals surface area contributed by atoms with Gasteiger partial charge >= 0.3 is 0 Å². The van der Waals surface area contributed by atoms with Crippen molar-refractivity contribution in [2.75, 3.05) is 0 Å². The number of ketones is 1. The lowest BCUT2D eigenvalue weighted by Crippen LogP contribution is -2.52. The molecular formula is C15H19Br2ClO. The Bertz CT molecular complexity index is 479. The molecule has 1 spiro atoms. The van der Waals surface area contributed by atoms with E-state index in [2.05, 4.69) is 59.2 Å². The fraction of sp³-hybridized carbons (Fsp3) is 0.667. The van der Waals surface area contributed by atoms with Crippen molar-refractivity contribution in [2.45, 2.75) is 49.7 Å². The van der Waals surface area contributed by atoms with Crippen molar-refractivity contribution < 1.29 is 4.79 Å². The van der Waals surface area contributed by atoms with E-state index in [4.69, 9.17) is 11.6 Å². The van der Waals surface area contributed by atoms with Crippen LogP contribution in [0.5, 0.6) is 0 Å². The molecule has 106 valence electrons. The molecule has 0 aromatic heterocycles. The normalized spacial score (nSPS) is 42.4. The SMILES string of the molecule is C=C1C(=O)C=C(Br)C(C)(C)C12CCC(C)(Cl)C(Br)C2. The van der Waals surface area contributed by atoms with Gasteiger partial charge in [0.2, 0.25) is 0 Å². The maximum absolute atomic E-state index is 12.2. The van der Waals surface area contributed by atoms with Crippen LogP contribution in [0.1, 0.15) is 40.0 Å². The minimum atomic E-state index is -0.252. The number of alkyl halides is 2. The second-order valence-electron chi connectivity index (χ2n) is 6.49. The van der Waals surface area contributed by atoms with Gasteiger partial charge < -0.3 is 0 Å². The molecule has 2 aliphatic rings. The van der Waals surface area contributed by atoms with Crippen molar-refractivity contribution in [1.29, 1.82) is 0 Å². The van der Waals surface area contributed by atoms with Gasteiger partial charge in [0.1, 0.15) is 0 Å². The lowest BCUT2D eigenvalue weighted by molar-refractivity contribution is -0.114. The standard InChI is InChI=1S/C15H19Br2ClO/c1-9-10(19)7-11(16)13(2,3)15(9)6-5-14(4,18)12(17)8-15/h7,12H,1,5-6,8H2,2-4H3. The monoisotopic (exact) mass is 408 g/mol. The molecule has 0 heterocycles. The molecule has 1 saturated carbocycles. The summed E-state index contributed by atoms with van der Waals surface area (Å²) in [4.78, 5) is 12.1. The van der Waals surface area contributed by atoms with Crippen molar-refractivity contribution >= 4 is 49.2 Å². The molecule has 0 aromatic carbocycles. The Labute approximate surface area is 137 Å². The predicted molar refractivity (Wildman–Crippen MR) is 88.2 cm³/mol. The van der Waals surface area contributed by atoms with Crippen molar-refractivity contribution in [2.24, 2.45) is 10.8 Å². The maximum atomic E-state index is 12.2. The molecule has 0 aliphatic heterocycles. The third-order valence-electron chi connectivity index (χ3n) is 5.15. The third-order valence-corrected chi connectivity index (χ3v) is 8.42. The Hall–Kier alpha value is 0.400. The zero-order valence-electron chi connectivity index (χ0n) is 11.5. The highest BCUT2D eigenvalue weighted by Gasteiger charge is 2.57. The van der Waals surface area contributed by atoms with Crippen LogP contribution < -0.4 is 0 Å². The number of hydrogen-bond acceptors (Lipinski definition) is 1. The lowest BCUT2D eigenvalue weighted by Gasteiger charge is -2.56. The maximum Gasteiger partial charge on any atom is 0.182 e. The summed E-state index contributed by atoms with van der Waals surface area (Å²) in [6.45, 7) is 10.5. The van der Waals surface area contributed by atoms with Gasteiger partial charge in [-0.05, 0) is 37.8 Å². The van der Waals surface area contributed by atoms with E-state index in [0.717, 1.165) is 29.3 Å². The van der Waals surface area contributed by atoms with Crippen molar-refractivity contribution in [3.05, 3.63) is 22.7 Å². The van der Waals surface area contributed by atoms with Crippen molar-refractivity contribution in [3.63, 3.8) is 0 Å². The van der Waals surface area contributed by atoms with Crippen LogP contribution in [0.15, 0.2) is 22.7 Å². The van der Waals surface area contributed by atoms with Crippen LogP contribution in [0.2, 0.25) is 0 Å². The highest BCUT2D eigenvalue weighted by Crippen LogP contribution is 2.63. The Morgan fingerprint density at radius 3 is 2.47 bits per heavy atom.